The van der Waals surface area contributed by atoms with E-state index < -0.39 is 0 Å². The summed E-state index contributed by atoms with van der Waals surface area (Å²) in [7, 11) is 2.20. The van der Waals surface area contributed by atoms with Crippen LogP contribution in [0.15, 0.2) is 4.52 Å². The number of hydrogen-bond donors (Lipinski definition) is 1. The Morgan fingerprint density at radius 3 is 3.17 bits per heavy atom. The highest BCUT2D eigenvalue weighted by Crippen LogP contribution is 2.18. The molecular weight excluding hydrogens is 228 g/mol. The summed E-state index contributed by atoms with van der Waals surface area (Å²) in [5, 5.41) is 7.18. The molecule has 1 aromatic heterocycles. The molecule has 1 saturated heterocycles. The van der Waals surface area contributed by atoms with Crippen LogP contribution in [0.4, 0.5) is 5.95 Å². The van der Waals surface area contributed by atoms with E-state index >= 15 is 0 Å². The quantitative estimate of drug-likeness (QED) is 0.841. The third-order valence-electron chi connectivity index (χ3n) is 3.49. The minimum atomic E-state index is 0.641. The lowest BCUT2D eigenvalue weighted by Gasteiger charge is -2.29. The number of nitrogens with zero attached hydrogens (tertiary/aromatic N) is 3. The summed E-state index contributed by atoms with van der Waals surface area (Å²) >= 11 is 0. The lowest BCUT2D eigenvalue weighted by Crippen LogP contribution is -2.32. The molecule has 1 aliphatic rings. The van der Waals surface area contributed by atoms with E-state index in [0.717, 1.165) is 31.2 Å². The molecule has 0 spiro atoms. The average Bonchev–Trinajstić information content (AvgIpc) is 2.78. The molecule has 5 heteroatoms. The fourth-order valence-corrected chi connectivity index (χ4v) is 2.54. The van der Waals surface area contributed by atoms with E-state index in [9.17, 15) is 0 Å². The lowest BCUT2D eigenvalue weighted by molar-refractivity contribution is 0.205. The van der Waals surface area contributed by atoms with E-state index in [0.29, 0.717) is 5.95 Å². The van der Waals surface area contributed by atoms with Crippen LogP contribution in [0.5, 0.6) is 0 Å². The van der Waals surface area contributed by atoms with Crippen LogP contribution in [0.3, 0.4) is 0 Å². The van der Waals surface area contributed by atoms with Crippen LogP contribution in [0.25, 0.3) is 0 Å². The van der Waals surface area contributed by atoms with Crippen molar-refractivity contribution in [2.24, 2.45) is 5.92 Å². The van der Waals surface area contributed by atoms with Crippen LogP contribution in [0.2, 0.25) is 0 Å². The van der Waals surface area contributed by atoms with Crippen LogP contribution in [-0.2, 0) is 6.42 Å². The molecule has 1 unspecified atom stereocenters. The van der Waals surface area contributed by atoms with Crippen LogP contribution in [0, 0.1) is 5.92 Å². The van der Waals surface area contributed by atoms with E-state index in [1.165, 1.54) is 32.4 Å². The number of aryl methyl sites for hydroxylation is 1. The molecule has 1 aliphatic heterocycles. The summed E-state index contributed by atoms with van der Waals surface area (Å²) < 4.78 is 5.13. The van der Waals surface area contributed by atoms with E-state index in [1.807, 2.05) is 0 Å². The zero-order chi connectivity index (χ0) is 12.8. The van der Waals surface area contributed by atoms with Crippen molar-refractivity contribution < 1.29 is 4.52 Å². The van der Waals surface area contributed by atoms with Gasteiger partial charge in [-0.15, -0.1) is 0 Å². The van der Waals surface area contributed by atoms with Crippen molar-refractivity contribution in [2.45, 2.75) is 39.0 Å². The van der Waals surface area contributed by atoms with Gasteiger partial charge in [-0.2, -0.15) is 4.98 Å². The highest BCUT2D eigenvalue weighted by molar-refractivity contribution is 5.20. The maximum Gasteiger partial charge on any atom is 0.263 e. The predicted octanol–water partition coefficient (Wildman–Crippen LogP) is 2.17. The van der Waals surface area contributed by atoms with E-state index in [1.54, 1.807) is 0 Å². The Balaban J connectivity index is 1.67. The zero-order valence-corrected chi connectivity index (χ0v) is 11.5. The van der Waals surface area contributed by atoms with Gasteiger partial charge in [0.1, 0.15) is 0 Å². The summed E-state index contributed by atoms with van der Waals surface area (Å²) in [6.45, 7) is 5.50. The molecule has 2 heterocycles. The largest absolute Gasteiger partial charge is 0.352 e. The number of likely N-dealkylation sites (tertiary alicyclic amines) is 1. The minimum absolute atomic E-state index is 0.641. The highest BCUT2D eigenvalue weighted by atomic mass is 16.5. The molecule has 0 bridgehead atoms. The molecule has 0 radical (unpaired) electrons. The van der Waals surface area contributed by atoms with Gasteiger partial charge in [0.05, 0.1) is 0 Å². The van der Waals surface area contributed by atoms with Gasteiger partial charge < -0.3 is 14.7 Å². The van der Waals surface area contributed by atoms with Gasteiger partial charge in [0.25, 0.3) is 5.95 Å². The maximum absolute atomic E-state index is 5.13. The molecule has 2 rings (SSSR count). The fraction of sp³-hybridized carbons (Fsp3) is 0.846. The smallest absolute Gasteiger partial charge is 0.263 e. The Morgan fingerprint density at radius 2 is 2.39 bits per heavy atom. The number of rotatable bonds is 6. The van der Waals surface area contributed by atoms with Crippen molar-refractivity contribution in [1.82, 2.24) is 15.0 Å². The second-order valence-corrected chi connectivity index (χ2v) is 5.25. The van der Waals surface area contributed by atoms with Gasteiger partial charge in [0, 0.05) is 19.5 Å². The molecule has 1 atom stereocenters. The summed E-state index contributed by atoms with van der Waals surface area (Å²) in [6, 6.07) is 0. The van der Waals surface area contributed by atoms with Crippen molar-refractivity contribution in [3.05, 3.63) is 5.89 Å². The van der Waals surface area contributed by atoms with Crippen molar-refractivity contribution in [1.29, 1.82) is 0 Å². The monoisotopic (exact) mass is 252 g/mol. The molecule has 5 nitrogen and oxygen atoms in total. The van der Waals surface area contributed by atoms with E-state index in [2.05, 4.69) is 34.3 Å². The first-order chi connectivity index (χ1) is 8.78. The molecule has 1 aromatic rings. The summed E-state index contributed by atoms with van der Waals surface area (Å²) in [5.74, 6) is 2.18. The van der Waals surface area contributed by atoms with E-state index in [4.69, 9.17) is 4.52 Å². The number of anilines is 1. The van der Waals surface area contributed by atoms with E-state index in [-0.39, 0.29) is 0 Å². The molecule has 0 saturated carbocycles. The minimum Gasteiger partial charge on any atom is -0.352 e. The normalized spacial score (nSPS) is 21.1. The molecule has 0 aliphatic carbocycles. The average molecular weight is 252 g/mol. The topological polar surface area (TPSA) is 54.2 Å². The molecule has 102 valence electrons. The lowest BCUT2D eigenvalue weighted by atomic mass is 9.95. The molecule has 0 aromatic carbocycles. The Labute approximate surface area is 109 Å². The zero-order valence-electron chi connectivity index (χ0n) is 11.5. The molecule has 0 amide bonds. The van der Waals surface area contributed by atoms with Crippen molar-refractivity contribution in [3.8, 4) is 0 Å². The Kier molecular flexibility index (Phi) is 4.99. The Hall–Kier alpha value is -1.10. The van der Waals surface area contributed by atoms with Gasteiger partial charge in [-0.25, -0.2) is 0 Å². The van der Waals surface area contributed by atoms with Crippen LogP contribution >= 0.6 is 0 Å². The Bertz CT molecular complexity index is 353. The van der Waals surface area contributed by atoms with Gasteiger partial charge in [-0.1, -0.05) is 6.92 Å². The van der Waals surface area contributed by atoms with Crippen LogP contribution in [0.1, 0.15) is 38.5 Å². The third kappa shape index (κ3) is 3.98. The number of piperidine rings is 1. The SMILES string of the molecule is CCCc1nc(NCCC2CCCN(C)C2)no1. The second-order valence-electron chi connectivity index (χ2n) is 5.25. The number of nitrogens with one attached hydrogen (secondary N) is 1. The number of hydrogen-bond acceptors (Lipinski definition) is 5. The van der Waals surface area contributed by atoms with Crippen LogP contribution in [-0.4, -0.2) is 41.7 Å². The first-order valence-electron chi connectivity index (χ1n) is 7.03. The molecule has 18 heavy (non-hydrogen) atoms. The summed E-state index contributed by atoms with van der Waals surface area (Å²) in [4.78, 5) is 6.72. The van der Waals surface area contributed by atoms with Gasteiger partial charge in [-0.05, 0) is 50.4 Å². The highest BCUT2D eigenvalue weighted by Gasteiger charge is 2.16. The maximum atomic E-state index is 5.13. The second kappa shape index (κ2) is 6.73. The third-order valence-corrected chi connectivity index (χ3v) is 3.49. The van der Waals surface area contributed by atoms with Gasteiger partial charge in [0.2, 0.25) is 5.89 Å². The van der Waals surface area contributed by atoms with Gasteiger partial charge in [-0.3, -0.25) is 0 Å². The van der Waals surface area contributed by atoms with Gasteiger partial charge in [0.15, 0.2) is 0 Å². The van der Waals surface area contributed by atoms with Gasteiger partial charge >= 0.3 is 0 Å². The molecule has 1 N–H and O–H groups in total. The first-order valence-corrected chi connectivity index (χ1v) is 7.03. The summed E-state index contributed by atoms with van der Waals surface area (Å²) in [5.41, 5.74) is 0. The molecule has 1 fully saturated rings. The Morgan fingerprint density at radius 1 is 1.50 bits per heavy atom. The molecular formula is C13H24N4O. The first kappa shape index (κ1) is 13.3. The fourth-order valence-electron chi connectivity index (χ4n) is 2.54. The summed E-state index contributed by atoms with van der Waals surface area (Å²) in [6.07, 6.45) is 5.75. The standard InChI is InChI=1S/C13H24N4O/c1-3-5-12-15-13(16-18-12)14-8-7-11-6-4-9-17(2)10-11/h11H,3-10H2,1-2H3,(H,14,16). The number of aromatic nitrogens is 2. The van der Waals surface area contributed by atoms with Crippen molar-refractivity contribution in [3.63, 3.8) is 0 Å². The van der Waals surface area contributed by atoms with Crippen molar-refractivity contribution in [2.75, 3.05) is 32.0 Å². The predicted molar refractivity (Wildman–Crippen MR) is 71.6 cm³/mol. The van der Waals surface area contributed by atoms with Crippen LogP contribution < -0.4 is 5.32 Å². The van der Waals surface area contributed by atoms with Crippen molar-refractivity contribution >= 4 is 5.95 Å².